The van der Waals surface area contributed by atoms with Gasteiger partial charge in [0.05, 0.1) is 0 Å². The smallest absolute Gasteiger partial charge is 0.239 e. The van der Waals surface area contributed by atoms with Gasteiger partial charge in [0.1, 0.15) is 5.41 Å². The van der Waals surface area contributed by atoms with Crippen LogP contribution in [0, 0.1) is 12.3 Å². The Morgan fingerprint density at radius 1 is 1.14 bits per heavy atom. The van der Waals surface area contributed by atoms with E-state index in [-0.39, 0.29) is 11.8 Å². The highest BCUT2D eigenvalue weighted by Crippen LogP contribution is 2.21. The summed E-state index contributed by atoms with van der Waals surface area (Å²) >= 11 is 0. The number of rotatable bonds is 7. The highest BCUT2D eigenvalue weighted by Gasteiger charge is 2.35. The molecule has 122 valence electrons. The summed E-state index contributed by atoms with van der Waals surface area (Å²) in [6, 6.07) is 7.52. The number of carbonyl (C=O) groups excluding carboxylic acids is 2. The van der Waals surface area contributed by atoms with Crippen molar-refractivity contribution in [2.24, 2.45) is 5.41 Å². The number of nitrogens with zero attached hydrogens (tertiary/aromatic N) is 1. The van der Waals surface area contributed by atoms with Crippen LogP contribution in [0.4, 0.5) is 5.69 Å². The van der Waals surface area contributed by atoms with Gasteiger partial charge in [0.25, 0.3) is 0 Å². The SMILES string of the molecule is Cc1ccccc1NC(=O)C(C)(C)C(=O)NCCCN(C)C. The van der Waals surface area contributed by atoms with Crippen LogP contribution in [0.2, 0.25) is 0 Å². The predicted octanol–water partition coefficient (Wildman–Crippen LogP) is 2.03. The first-order valence-corrected chi connectivity index (χ1v) is 7.55. The Morgan fingerprint density at radius 3 is 2.36 bits per heavy atom. The van der Waals surface area contributed by atoms with Gasteiger partial charge in [0.2, 0.25) is 11.8 Å². The molecule has 0 saturated carbocycles. The van der Waals surface area contributed by atoms with Crippen molar-refractivity contribution in [1.29, 1.82) is 0 Å². The van der Waals surface area contributed by atoms with Gasteiger partial charge in [0, 0.05) is 12.2 Å². The average molecular weight is 305 g/mol. The number of hydrogen-bond donors (Lipinski definition) is 2. The summed E-state index contributed by atoms with van der Waals surface area (Å²) in [6.07, 6.45) is 0.855. The number of anilines is 1. The van der Waals surface area contributed by atoms with Crippen LogP contribution in [-0.2, 0) is 9.59 Å². The summed E-state index contributed by atoms with van der Waals surface area (Å²) in [6.45, 7) is 6.67. The van der Waals surface area contributed by atoms with Gasteiger partial charge in [-0.15, -0.1) is 0 Å². The molecule has 0 bridgehead atoms. The maximum absolute atomic E-state index is 12.4. The van der Waals surface area contributed by atoms with Crippen LogP contribution >= 0.6 is 0 Å². The van der Waals surface area contributed by atoms with Crippen molar-refractivity contribution in [3.8, 4) is 0 Å². The van der Waals surface area contributed by atoms with Gasteiger partial charge in [-0.3, -0.25) is 9.59 Å². The molecule has 1 aromatic carbocycles. The molecule has 5 nitrogen and oxygen atoms in total. The topological polar surface area (TPSA) is 61.4 Å². The summed E-state index contributed by atoms with van der Waals surface area (Å²) in [5.74, 6) is -0.552. The van der Waals surface area contributed by atoms with Gasteiger partial charge in [-0.05, 0) is 59.5 Å². The maximum Gasteiger partial charge on any atom is 0.239 e. The Kier molecular flexibility index (Phi) is 6.56. The normalized spacial score (nSPS) is 11.4. The van der Waals surface area contributed by atoms with Crippen molar-refractivity contribution >= 4 is 17.5 Å². The second-order valence-corrected chi connectivity index (χ2v) is 6.31. The summed E-state index contributed by atoms with van der Waals surface area (Å²) < 4.78 is 0. The van der Waals surface area contributed by atoms with Crippen LogP contribution in [-0.4, -0.2) is 43.9 Å². The van der Waals surface area contributed by atoms with Crippen LogP contribution in [0.3, 0.4) is 0 Å². The number of hydrogen-bond acceptors (Lipinski definition) is 3. The van der Waals surface area contributed by atoms with Gasteiger partial charge < -0.3 is 15.5 Å². The minimum absolute atomic E-state index is 0.252. The standard InChI is InChI=1S/C17H27N3O2/c1-13-9-6-7-10-14(13)19-16(22)17(2,3)15(21)18-11-8-12-20(4)5/h6-7,9-10H,8,11-12H2,1-5H3,(H,18,21)(H,19,22). The van der Waals surface area contributed by atoms with Gasteiger partial charge in [-0.1, -0.05) is 18.2 Å². The minimum atomic E-state index is -1.11. The van der Waals surface area contributed by atoms with Crippen LogP contribution in [0.5, 0.6) is 0 Å². The summed E-state index contributed by atoms with van der Waals surface area (Å²) in [7, 11) is 3.97. The van der Waals surface area contributed by atoms with Crippen LogP contribution in [0.15, 0.2) is 24.3 Å². The van der Waals surface area contributed by atoms with E-state index in [0.29, 0.717) is 6.54 Å². The first-order chi connectivity index (χ1) is 10.2. The fourth-order valence-electron chi connectivity index (χ4n) is 1.91. The fraction of sp³-hybridized carbons (Fsp3) is 0.529. The van der Waals surface area contributed by atoms with Gasteiger partial charge in [-0.2, -0.15) is 0 Å². The van der Waals surface area contributed by atoms with Crippen molar-refractivity contribution in [3.05, 3.63) is 29.8 Å². The molecule has 22 heavy (non-hydrogen) atoms. The summed E-state index contributed by atoms with van der Waals surface area (Å²) in [4.78, 5) is 26.7. The van der Waals surface area contributed by atoms with Crippen molar-refractivity contribution in [3.63, 3.8) is 0 Å². The quantitative estimate of drug-likeness (QED) is 0.598. The van der Waals surface area contributed by atoms with Crippen molar-refractivity contribution in [2.45, 2.75) is 27.2 Å². The molecule has 0 radical (unpaired) electrons. The van der Waals surface area contributed by atoms with Crippen LogP contribution < -0.4 is 10.6 Å². The summed E-state index contributed by atoms with van der Waals surface area (Å²) in [5, 5.41) is 5.67. The molecule has 5 heteroatoms. The molecule has 0 saturated heterocycles. The zero-order chi connectivity index (χ0) is 16.8. The lowest BCUT2D eigenvalue weighted by molar-refractivity contribution is -0.138. The van der Waals surface area contributed by atoms with E-state index in [4.69, 9.17) is 0 Å². The Balaban J connectivity index is 2.58. The molecule has 0 atom stereocenters. The van der Waals surface area contributed by atoms with E-state index < -0.39 is 5.41 Å². The molecule has 0 aliphatic rings. The molecule has 0 heterocycles. The predicted molar refractivity (Wildman–Crippen MR) is 89.8 cm³/mol. The lowest BCUT2D eigenvalue weighted by Crippen LogP contribution is -2.45. The van der Waals surface area contributed by atoms with Gasteiger partial charge in [-0.25, -0.2) is 0 Å². The molecule has 0 unspecified atom stereocenters. The maximum atomic E-state index is 12.4. The van der Waals surface area contributed by atoms with Crippen LogP contribution in [0.1, 0.15) is 25.8 Å². The molecule has 0 spiro atoms. The van der Waals surface area contributed by atoms with E-state index in [1.54, 1.807) is 13.8 Å². The number of amides is 2. The van der Waals surface area contributed by atoms with E-state index in [0.717, 1.165) is 24.2 Å². The molecule has 0 fully saturated rings. The van der Waals surface area contributed by atoms with Gasteiger partial charge in [0.15, 0.2) is 0 Å². The minimum Gasteiger partial charge on any atom is -0.355 e. The second kappa shape index (κ2) is 7.94. The highest BCUT2D eigenvalue weighted by molar-refractivity contribution is 6.10. The third-order valence-corrected chi connectivity index (χ3v) is 3.60. The van der Waals surface area contributed by atoms with E-state index >= 15 is 0 Å². The molecular formula is C17H27N3O2. The zero-order valence-electron chi connectivity index (χ0n) is 14.2. The first kappa shape index (κ1) is 18.2. The Bertz CT molecular complexity index is 524. The largest absolute Gasteiger partial charge is 0.355 e. The van der Waals surface area contributed by atoms with Gasteiger partial charge >= 0.3 is 0 Å². The Labute approximate surface area is 133 Å². The molecule has 1 rings (SSSR count). The zero-order valence-corrected chi connectivity index (χ0v) is 14.2. The number of carbonyl (C=O) groups is 2. The highest BCUT2D eigenvalue weighted by atomic mass is 16.2. The van der Waals surface area contributed by atoms with E-state index in [1.807, 2.05) is 45.3 Å². The molecule has 2 N–H and O–H groups in total. The molecule has 1 aromatic rings. The Morgan fingerprint density at radius 2 is 1.77 bits per heavy atom. The molecule has 0 aliphatic carbocycles. The third kappa shape index (κ3) is 5.15. The van der Waals surface area contributed by atoms with E-state index in [9.17, 15) is 9.59 Å². The molecular weight excluding hydrogens is 278 g/mol. The Hall–Kier alpha value is -1.88. The van der Waals surface area contributed by atoms with Crippen molar-refractivity contribution in [2.75, 3.05) is 32.5 Å². The first-order valence-electron chi connectivity index (χ1n) is 7.55. The fourth-order valence-corrected chi connectivity index (χ4v) is 1.91. The molecule has 0 aromatic heterocycles. The molecule has 2 amide bonds. The number of benzene rings is 1. The monoisotopic (exact) mass is 305 g/mol. The van der Waals surface area contributed by atoms with Crippen LogP contribution in [0.25, 0.3) is 0 Å². The second-order valence-electron chi connectivity index (χ2n) is 6.31. The number of nitrogens with one attached hydrogen (secondary N) is 2. The van der Waals surface area contributed by atoms with E-state index in [2.05, 4.69) is 15.5 Å². The van der Waals surface area contributed by atoms with E-state index in [1.165, 1.54) is 0 Å². The summed E-state index contributed by atoms with van der Waals surface area (Å²) in [5.41, 5.74) is 0.597. The number of aryl methyl sites for hydroxylation is 1. The average Bonchev–Trinajstić information content (AvgIpc) is 2.45. The lowest BCUT2D eigenvalue weighted by Gasteiger charge is -2.23. The molecule has 0 aliphatic heterocycles. The number of para-hydroxylation sites is 1. The lowest BCUT2D eigenvalue weighted by atomic mass is 9.90. The van der Waals surface area contributed by atoms with Crippen molar-refractivity contribution < 1.29 is 9.59 Å². The van der Waals surface area contributed by atoms with Crippen molar-refractivity contribution in [1.82, 2.24) is 10.2 Å². The third-order valence-electron chi connectivity index (χ3n) is 3.60.